The van der Waals surface area contributed by atoms with Gasteiger partial charge in [0.15, 0.2) is 5.43 Å². The van der Waals surface area contributed by atoms with Crippen molar-refractivity contribution >= 4 is 45.0 Å². The van der Waals surface area contributed by atoms with Gasteiger partial charge in [-0.3, -0.25) is 9.59 Å². The molecule has 5 nitrogen and oxygen atoms in total. The molecule has 1 aromatic heterocycles. The summed E-state index contributed by atoms with van der Waals surface area (Å²) in [5, 5.41) is 3.67. The van der Waals surface area contributed by atoms with E-state index >= 15 is 0 Å². The summed E-state index contributed by atoms with van der Waals surface area (Å²) in [5.74, 6) is -0.547. The third-order valence-corrected chi connectivity index (χ3v) is 4.91. The average Bonchev–Trinajstić information content (AvgIpc) is 2.73. The van der Waals surface area contributed by atoms with Gasteiger partial charge in [-0.1, -0.05) is 35.9 Å². The van der Waals surface area contributed by atoms with E-state index in [0.29, 0.717) is 27.5 Å². The van der Waals surface area contributed by atoms with E-state index < -0.39 is 6.61 Å². The maximum atomic E-state index is 12.8. The fourth-order valence-electron chi connectivity index (χ4n) is 3.36. The predicted octanol–water partition coefficient (Wildman–Crippen LogP) is 5.05. The van der Waals surface area contributed by atoms with E-state index in [-0.39, 0.29) is 28.7 Å². The largest absolute Gasteiger partial charge is 0.433 e. The van der Waals surface area contributed by atoms with Crippen LogP contribution in [0.25, 0.3) is 21.8 Å². The molecule has 0 fully saturated rings. The van der Waals surface area contributed by atoms with Gasteiger partial charge in [-0.05, 0) is 42.5 Å². The molecule has 4 aromatic rings. The highest BCUT2D eigenvalue weighted by molar-refractivity contribution is 6.32. The lowest BCUT2D eigenvalue weighted by molar-refractivity contribution is -0.116. The van der Waals surface area contributed by atoms with Gasteiger partial charge >= 0.3 is 6.61 Å². The monoisotopic (exact) mass is 428 g/mol. The molecular weight excluding hydrogens is 414 g/mol. The fraction of sp³-hybridized carbons (Fsp3) is 0.0909. The van der Waals surface area contributed by atoms with Crippen molar-refractivity contribution in [3.8, 4) is 5.75 Å². The number of benzene rings is 3. The number of anilines is 1. The predicted molar refractivity (Wildman–Crippen MR) is 112 cm³/mol. The number of halogens is 3. The minimum Gasteiger partial charge on any atom is -0.433 e. The summed E-state index contributed by atoms with van der Waals surface area (Å²) in [6.07, 6.45) is 0. The minimum absolute atomic E-state index is 0.0487. The minimum atomic E-state index is -3.00. The van der Waals surface area contributed by atoms with Crippen molar-refractivity contribution in [1.82, 2.24) is 4.57 Å². The van der Waals surface area contributed by atoms with Crippen LogP contribution in [0.3, 0.4) is 0 Å². The smallest absolute Gasteiger partial charge is 0.387 e. The number of para-hydroxylation sites is 2. The lowest BCUT2D eigenvalue weighted by atomic mass is 10.1. The van der Waals surface area contributed by atoms with Crippen LogP contribution in [0, 0.1) is 0 Å². The Morgan fingerprint density at radius 2 is 1.60 bits per heavy atom. The van der Waals surface area contributed by atoms with E-state index in [9.17, 15) is 18.4 Å². The molecule has 0 aliphatic carbocycles. The van der Waals surface area contributed by atoms with Gasteiger partial charge in [0.25, 0.3) is 0 Å². The van der Waals surface area contributed by atoms with Crippen molar-refractivity contribution in [2.24, 2.45) is 0 Å². The number of carbonyl (C=O) groups excluding carboxylic acids is 1. The second-order valence-corrected chi connectivity index (χ2v) is 6.93. The number of carbonyl (C=O) groups is 1. The van der Waals surface area contributed by atoms with Crippen molar-refractivity contribution in [2.75, 3.05) is 5.32 Å². The van der Waals surface area contributed by atoms with Crippen LogP contribution in [0.4, 0.5) is 14.5 Å². The molecule has 4 rings (SSSR count). The van der Waals surface area contributed by atoms with Crippen LogP contribution in [0.5, 0.6) is 5.75 Å². The lowest BCUT2D eigenvalue weighted by Crippen LogP contribution is -2.21. The number of nitrogens with one attached hydrogen (secondary N) is 1. The van der Waals surface area contributed by atoms with Crippen molar-refractivity contribution in [3.63, 3.8) is 0 Å². The molecule has 1 heterocycles. The van der Waals surface area contributed by atoms with Gasteiger partial charge in [0, 0.05) is 16.5 Å². The van der Waals surface area contributed by atoms with E-state index in [2.05, 4.69) is 10.1 Å². The molecule has 0 saturated carbocycles. The van der Waals surface area contributed by atoms with E-state index in [1.54, 1.807) is 53.1 Å². The number of alkyl halides is 2. The van der Waals surface area contributed by atoms with Gasteiger partial charge < -0.3 is 14.6 Å². The molecular formula is C22H15ClF2N2O3. The molecule has 152 valence electrons. The standard InChI is InChI=1S/C22H15ClF2N2O3/c23-16-11-13(9-10-19(16)30-22(24)25)26-20(28)12-27-17-7-3-1-5-14(17)21(29)15-6-2-4-8-18(15)27/h1-11,22H,12H2,(H,26,28). The van der Waals surface area contributed by atoms with Crippen molar-refractivity contribution in [2.45, 2.75) is 13.2 Å². The first kappa shape index (κ1) is 19.8. The Balaban J connectivity index is 1.67. The molecule has 0 unspecified atom stereocenters. The molecule has 0 spiro atoms. The Morgan fingerprint density at radius 1 is 1.00 bits per heavy atom. The Labute approximate surface area is 174 Å². The first-order valence-electron chi connectivity index (χ1n) is 8.98. The highest BCUT2D eigenvalue weighted by Gasteiger charge is 2.14. The maximum absolute atomic E-state index is 12.8. The van der Waals surface area contributed by atoms with Crippen LogP contribution in [-0.4, -0.2) is 17.1 Å². The number of hydrogen-bond donors (Lipinski definition) is 1. The van der Waals surface area contributed by atoms with Crippen LogP contribution in [0.15, 0.2) is 71.5 Å². The van der Waals surface area contributed by atoms with Gasteiger partial charge in [-0.25, -0.2) is 0 Å². The fourth-order valence-corrected chi connectivity index (χ4v) is 3.59. The zero-order chi connectivity index (χ0) is 21.3. The number of rotatable bonds is 5. The van der Waals surface area contributed by atoms with Gasteiger partial charge in [0.05, 0.1) is 16.1 Å². The maximum Gasteiger partial charge on any atom is 0.387 e. The van der Waals surface area contributed by atoms with Crippen molar-refractivity contribution in [1.29, 1.82) is 0 Å². The molecule has 0 aliphatic rings. The van der Waals surface area contributed by atoms with E-state index in [4.69, 9.17) is 11.6 Å². The first-order valence-corrected chi connectivity index (χ1v) is 9.36. The Kier molecular flexibility index (Phi) is 5.37. The SMILES string of the molecule is O=C(Cn1c2ccccc2c(=O)c2ccccc21)Nc1ccc(OC(F)F)c(Cl)c1. The normalized spacial score (nSPS) is 11.2. The third-order valence-electron chi connectivity index (χ3n) is 4.61. The molecule has 30 heavy (non-hydrogen) atoms. The molecule has 0 atom stereocenters. The summed E-state index contributed by atoms with van der Waals surface area (Å²) < 4.78 is 30.8. The summed E-state index contributed by atoms with van der Waals surface area (Å²) in [6.45, 7) is -3.06. The molecule has 0 aliphatic heterocycles. The molecule has 1 N–H and O–H groups in total. The number of nitrogens with zero attached hydrogens (tertiary/aromatic N) is 1. The number of ether oxygens (including phenoxy) is 1. The van der Waals surface area contributed by atoms with Crippen LogP contribution >= 0.6 is 11.6 Å². The van der Waals surface area contributed by atoms with E-state index in [1.165, 1.54) is 18.2 Å². The van der Waals surface area contributed by atoms with E-state index in [1.807, 2.05) is 0 Å². The highest BCUT2D eigenvalue weighted by atomic mass is 35.5. The summed E-state index contributed by atoms with van der Waals surface area (Å²) >= 11 is 5.94. The zero-order valence-electron chi connectivity index (χ0n) is 15.4. The summed E-state index contributed by atoms with van der Waals surface area (Å²) in [6, 6.07) is 18.2. The Bertz CT molecular complexity index is 1260. The summed E-state index contributed by atoms with van der Waals surface area (Å²) in [7, 11) is 0. The molecule has 0 radical (unpaired) electrons. The van der Waals surface area contributed by atoms with Crippen LogP contribution in [0.2, 0.25) is 5.02 Å². The molecule has 1 amide bonds. The average molecular weight is 429 g/mol. The van der Waals surface area contributed by atoms with Gasteiger partial charge in [-0.15, -0.1) is 0 Å². The summed E-state index contributed by atoms with van der Waals surface area (Å²) in [5.41, 5.74) is 1.51. The number of pyridine rings is 1. The molecule has 3 aromatic carbocycles. The topological polar surface area (TPSA) is 60.3 Å². The van der Waals surface area contributed by atoms with Gasteiger partial charge in [0.2, 0.25) is 5.91 Å². The second kappa shape index (κ2) is 8.12. The van der Waals surface area contributed by atoms with Gasteiger partial charge in [-0.2, -0.15) is 8.78 Å². The molecule has 0 bridgehead atoms. The first-order chi connectivity index (χ1) is 14.4. The second-order valence-electron chi connectivity index (χ2n) is 6.52. The number of aromatic nitrogens is 1. The van der Waals surface area contributed by atoms with Crippen LogP contribution in [-0.2, 0) is 11.3 Å². The molecule has 0 saturated heterocycles. The number of fused-ring (bicyclic) bond motifs is 2. The van der Waals surface area contributed by atoms with Crippen LogP contribution in [0.1, 0.15) is 0 Å². The highest BCUT2D eigenvalue weighted by Crippen LogP contribution is 2.29. The third kappa shape index (κ3) is 3.84. The van der Waals surface area contributed by atoms with E-state index in [0.717, 1.165) is 0 Å². The lowest BCUT2D eigenvalue weighted by Gasteiger charge is -2.15. The van der Waals surface area contributed by atoms with Gasteiger partial charge in [0.1, 0.15) is 12.3 Å². The Hall–Kier alpha value is -3.45. The summed E-state index contributed by atoms with van der Waals surface area (Å²) in [4.78, 5) is 25.5. The number of amides is 1. The van der Waals surface area contributed by atoms with Crippen molar-refractivity contribution < 1.29 is 18.3 Å². The quantitative estimate of drug-likeness (QED) is 0.452. The molecule has 8 heteroatoms. The van der Waals surface area contributed by atoms with Crippen LogP contribution < -0.4 is 15.5 Å². The number of hydrogen-bond acceptors (Lipinski definition) is 3. The van der Waals surface area contributed by atoms with Crippen molar-refractivity contribution in [3.05, 3.63) is 82.0 Å². The zero-order valence-corrected chi connectivity index (χ0v) is 16.2. The Morgan fingerprint density at radius 3 is 2.17 bits per heavy atom.